The van der Waals surface area contributed by atoms with Crippen molar-refractivity contribution in [1.82, 2.24) is 0 Å². The van der Waals surface area contributed by atoms with Gasteiger partial charge in [-0.25, -0.2) is 0 Å². The second-order valence-corrected chi connectivity index (χ2v) is 9.85. The summed E-state index contributed by atoms with van der Waals surface area (Å²) in [6.07, 6.45) is 12.5. The molecule has 1 saturated carbocycles. The van der Waals surface area contributed by atoms with Gasteiger partial charge in [0.05, 0.1) is 18.6 Å². The minimum Gasteiger partial charge on any atom is -0.466 e. The van der Waals surface area contributed by atoms with Gasteiger partial charge in [-0.05, 0) is 82.0 Å². The molecule has 3 heteroatoms. The SMILES string of the molecule is CCOC(=O)C1CC(C)CC(C2CCCCC(C)CC3=C(CC(O)C3)C2)C1. The zero-order valence-electron chi connectivity index (χ0n) is 17.7. The first-order chi connectivity index (χ1) is 13.0. The largest absolute Gasteiger partial charge is 0.466 e. The van der Waals surface area contributed by atoms with Crippen molar-refractivity contribution in [2.75, 3.05) is 6.61 Å². The van der Waals surface area contributed by atoms with Crippen LogP contribution in [0.5, 0.6) is 0 Å². The van der Waals surface area contributed by atoms with E-state index in [9.17, 15) is 9.90 Å². The van der Waals surface area contributed by atoms with Crippen molar-refractivity contribution in [2.45, 2.75) is 97.5 Å². The second-order valence-electron chi connectivity index (χ2n) is 9.85. The molecule has 154 valence electrons. The monoisotopic (exact) mass is 376 g/mol. The van der Waals surface area contributed by atoms with Gasteiger partial charge in [-0.3, -0.25) is 4.79 Å². The van der Waals surface area contributed by atoms with Crippen molar-refractivity contribution in [3.8, 4) is 0 Å². The number of aliphatic hydroxyl groups is 1. The third-order valence-electron chi connectivity index (χ3n) is 7.36. The van der Waals surface area contributed by atoms with Crippen molar-refractivity contribution in [2.24, 2.45) is 29.6 Å². The smallest absolute Gasteiger partial charge is 0.308 e. The first-order valence-corrected chi connectivity index (χ1v) is 11.5. The molecule has 0 aromatic heterocycles. The molecule has 1 N–H and O–H groups in total. The highest BCUT2D eigenvalue weighted by atomic mass is 16.5. The van der Waals surface area contributed by atoms with Gasteiger partial charge in [0, 0.05) is 0 Å². The number of aliphatic hydroxyl groups excluding tert-OH is 1. The van der Waals surface area contributed by atoms with Crippen LogP contribution in [0.25, 0.3) is 0 Å². The summed E-state index contributed by atoms with van der Waals surface area (Å²) in [4.78, 5) is 12.4. The van der Waals surface area contributed by atoms with Crippen LogP contribution in [0, 0.1) is 29.6 Å². The topological polar surface area (TPSA) is 46.5 Å². The van der Waals surface area contributed by atoms with Gasteiger partial charge in [0.25, 0.3) is 0 Å². The Balaban J connectivity index is 1.74. The molecule has 3 aliphatic rings. The average molecular weight is 377 g/mol. The standard InChI is InChI=1S/C24H40O3/c1-4-27-24(26)22-11-17(3)10-19(13-22)18-8-6-5-7-16(2)9-20-14-23(25)15-21(20)12-18/h16-19,22-23,25H,4-15H2,1-3H3. The Hall–Kier alpha value is -0.830. The first kappa shape index (κ1) is 20.9. The Labute approximate surface area is 165 Å². The molecule has 0 aromatic rings. The summed E-state index contributed by atoms with van der Waals surface area (Å²) in [5.74, 6) is 2.78. The molecule has 0 bridgehead atoms. The molecule has 0 aliphatic heterocycles. The quantitative estimate of drug-likeness (QED) is 0.511. The van der Waals surface area contributed by atoms with E-state index in [-0.39, 0.29) is 18.0 Å². The number of hydrogen-bond acceptors (Lipinski definition) is 3. The first-order valence-electron chi connectivity index (χ1n) is 11.5. The molecule has 0 saturated heterocycles. The maximum atomic E-state index is 12.4. The normalized spacial score (nSPS) is 38.4. The Morgan fingerprint density at radius 2 is 1.63 bits per heavy atom. The van der Waals surface area contributed by atoms with Crippen molar-refractivity contribution >= 4 is 5.97 Å². The van der Waals surface area contributed by atoms with Gasteiger partial charge in [0.15, 0.2) is 0 Å². The lowest BCUT2D eigenvalue weighted by atomic mass is 9.68. The van der Waals surface area contributed by atoms with E-state index in [0.29, 0.717) is 24.4 Å². The molecule has 6 unspecified atom stereocenters. The molecule has 27 heavy (non-hydrogen) atoms. The van der Waals surface area contributed by atoms with Crippen LogP contribution in [0.3, 0.4) is 0 Å². The van der Waals surface area contributed by atoms with Crippen molar-refractivity contribution < 1.29 is 14.6 Å². The fourth-order valence-corrected chi connectivity index (χ4v) is 6.12. The lowest BCUT2D eigenvalue weighted by Gasteiger charge is -2.37. The van der Waals surface area contributed by atoms with Crippen LogP contribution in [0.15, 0.2) is 11.1 Å². The third-order valence-corrected chi connectivity index (χ3v) is 7.36. The van der Waals surface area contributed by atoms with E-state index in [1.165, 1.54) is 38.5 Å². The molecular weight excluding hydrogens is 336 g/mol. The third kappa shape index (κ3) is 5.59. The molecule has 0 spiro atoms. The molecule has 3 rings (SSSR count). The maximum absolute atomic E-state index is 12.4. The van der Waals surface area contributed by atoms with E-state index >= 15 is 0 Å². The lowest BCUT2D eigenvalue weighted by Crippen LogP contribution is -2.32. The highest BCUT2D eigenvalue weighted by Crippen LogP contribution is 2.45. The van der Waals surface area contributed by atoms with Gasteiger partial charge in [-0.15, -0.1) is 0 Å². The molecule has 3 aliphatic carbocycles. The summed E-state index contributed by atoms with van der Waals surface area (Å²) in [5.41, 5.74) is 3.12. The van der Waals surface area contributed by atoms with Crippen LogP contribution in [-0.2, 0) is 9.53 Å². The Kier molecular flexibility index (Phi) is 7.42. The van der Waals surface area contributed by atoms with Gasteiger partial charge in [-0.2, -0.15) is 0 Å². The van der Waals surface area contributed by atoms with Gasteiger partial charge >= 0.3 is 5.97 Å². The van der Waals surface area contributed by atoms with Crippen LogP contribution in [0.2, 0.25) is 0 Å². The molecule has 0 aromatic carbocycles. The summed E-state index contributed by atoms with van der Waals surface area (Å²) >= 11 is 0. The van der Waals surface area contributed by atoms with Gasteiger partial charge in [0.1, 0.15) is 0 Å². The van der Waals surface area contributed by atoms with Crippen LogP contribution in [-0.4, -0.2) is 23.8 Å². The fraction of sp³-hybridized carbons (Fsp3) is 0.875. The van der Waals surface area contributed by atoms with Gasteiger partial charge in [-0.1, -0.05) is 44.3 Å². The molecule has 0 amide bonds. The maximum Gasteiger partial charge on any atom is 0.308 e. The van der Waals surface area contributed by atoms with Crippen LogP contribution < -0.4 is 0 Å². The van der Waals surface area contributed by atoms with E-state index in [4.69, 9.17) is 4.74 Å². The van der Waals surface area contributed by atoms with Crippen molar-refractivity contribution in [1.29, 1.82) is 0 Å². The van der Waals surface area contributed by atoms with Gasteiger partial charge in [0.2, 0.25) is 0 Å². The van der Waals surface area contributed by atoms with Crippen molar-refractivity contribution in [3.63, 3.8) is 0 Å². The van der Waals surface area contributed by atoms with E-state index < -0.39 is 0 Å². The molecular formula is C24H40O3. The van der Waals surface area contributed by atoms with E-state index in [0.717, 1.165) is 38.0 Å². The summed E-state index contributed by atoms with van der Waals surface area (Å²) in [6, 6.07) is 0. The zero-order valence-corrected chi connectivity index (χ0v) is 17.7. The van der Waals surface area contributed by atoms with Crippen LogP contribution in [0.1, 0.15) is 91.4 Å². The number of carbonyl (C=O) groups is 1. The van der Waals surface area contributed by atoms with E-state index in [1.54, 1.807) is 11.1 Å². The number of carbonyl (C=O) groups excluding carboxylic acids is 1. The Morgan fingerprint density at radius 3 is 2.37 bits per heavy atom. The van der Waals surface area contributed by atoms with E-state index in [1.807, 2.05) is 6.92 Å². The van der Waals surface area contributed by atoms with Gasteiger partial charge < -0.3 is 9.84 Å². The fourth-order valence-electron chi connectivity index (χ4n) is 6.12. The summed E-state index contributed by atoms with van der Waals surface area (Å²) in [5, 5.41) is 10.3. The number of ether oxygens (including phenoxy) is 1. The molecule has 0 heterocycles. The number of rotatable bonds is 3. The molecule has 0 radical (unpaired) electrons. The van der Waals surface area contributed by atoms with Crippen LogP contribution in [0.4, 0.5) is 0 Å². The highest BCUT2D eigenvalue weighted by Gasteiger charge is 2.37. The lowest BCUT2D eigenvalue weighted by molar-refractivity contribution is -0.150. The predicted molar refractivity (Wildman–Crippen MR) is 109 cm³/mol. The Morgan fingerprint density at radius 1 is 0.926 bits per heavy atom. The summed E-state index contributed by atoms with van der Waals surface area (Å²) in [6.45, 7) is 7.08. The minimum atomic E-state index is -0.152. The Bertz CT molecular complexity index is 538. The molecule has 1 fully saturated rings. The zero-order chi connectivity index (χ0) is 19.4. The number of esters is 1. The average Bonchev–Trinajstić information content (AvgIpc) is 2.96. The van der Waals surface area contributed by atoms with Crippen molar-refractivity contribution in [3.05, 3.63) is 11.1 Å². The molecule has 3 nitrogen and oxygen atoms in total. The predicted octanol–water partition coefficient (Wildman–Crippen LogP) is 5.66. The van der Waals surface area contributed by atoms with Crippen LogP contribution >= 0.6 is 0 Å². The molecule has 6 atom stereocenters. The minimum absolute atomic E-state index is 0.0268. The van der Waals surface area contributed by atoms with E-state index in [2.05, 4.69) is 13.8 Å². The second kappa shape index (κ2) is 9.58. The summed E-state index contributed by atoms with van der Waals surface area (Å²) < 4.78 is 5.36. The highest BCUT2D eigenvalue weighted by molar-refractivity contribution is 5.72. The number of hydrogen-bond donors (Lipinski definition) is 1. The summed E-state index contributed by atoms with van der Waals surface area (Å²) in [7, 11) is 0.